The van der Waals surface area contributed by atoms with Crippen molar-refractivity contribution in [3.63, 3.8) is 0 Å². The highest BCUT2D eigenvalue weighted by Gasteiger charge is 2.24. The van der Waals surface area contributed by atoms with Crippen LogP contribution < -0.4 is 5.32 Å². The molecule has 0 saturated carbocycles. The molecular formula is C17H26N2O2. The van der Waals surface area contributed by atoms with E-state index in [9.17, 15) is 9.59 Å². The number of Topliss-reactive ketones (excluding diaryl/α,β-unsaturated/α-hetero) is 1. The molecule has 1 aromatic carbocycles. The minimum Gasteiger partial charge on any atom is -0.358 e. The third-order valence-corrected chi connectivity index (χ3v) is 3.72. The zero-order chi connectivity index (χ0) is 16.0. The van der Waals surface area contributed by atoms with Crippen LogP contribution in [0.3, 0.4) is 0 Å². The number of benzene rings is 1. The molecule has 0 heterocycles. The number of nitrogens with one attached hydrogen (secondary N) is 1. The van der Waals surface area contributed by atoms with E-state index in [0.29, 0.717) is 0 Å². The van der Waals surface area contributed by atoms with Gasteiger partial charge in [0.2, 0.25) is 5.91 Å². The van der Waals surface area contributed by atoms with E-state index in [2.05, 4.69) is 5.32 Å². The molecular weight excluding hydrogens is 264 g/mol. The van der Waals surface area contributed by atoms with Crippen LogP contribution in [0.2, 0.25) is 0 Å². The maximum absolute atomic E-state index is 12.7. The molecule has 0 saturated heterocycles. The van der Waals surface area contributed by atoms with Crippen molar-refractivity contribution in [1.82, 2.24) is 10.2 Å². The Hall–Kier alpha value is -1.68. The molecule has 4 nitrogen and oxygen atoms in total. The molecule has 0 spiro atoms. The Morgan fingerprint density at radius 3 is 2.52 bits per heavy atom. The largest absolute Gasteiger partial charge is 0.358 e. The van der Waals surface area contributed by atoms with Gasteiger partial charge in [-0.3, -0.25) is 14.5 Å². The average molecular weight is 290 g/mol. The lowest BCUT2D eigenvalue weighted by molar-refractivity contribution is -0.122. The molecule has 0 aliphatic rings. The standard InChI is InChI=1S/C17H26N2O2/c1-6-9-19(11-16(20)18-5)14(4)17(21)15-10-12(2)7-8-13(15)3/h7-8,10,14H,6,9,11H2,1-5H3,(H,18,20). The number of ketones is 1. The maximum atomic E-state index is 12.7. The summed E-state index contributed by atoms with van der Waals surface area (Å²) in [6, 6.07) is 5.60. The minimum absolute atomic E-state index is 0.0657. The molecule has 116 valence electrons. The molecule has 0 fully saturated rings. The van der Waals surface area contributed by atoms with E-state index in [1.54, 1.807) is 7.05 Å². The summed E-state index contributed by atoms with van der Waals surface area (Å²) >= 11 is 0. The van der Waals surface area contributed by atoms with Crippen LogP contribution in [0.4, 0.5) is 0 Å². The summed E-state index contributed by atoms with van der Waals surface area (Å²) in [4.78, 5) is 26.3. The molecule has 0 bridgehead atoms. The first-order valence-electron chi connectivity index (χ1n) is 7.46. The van der Waals surface area contributed by atoms with Gasteiger partial charge in [0.25, 0.3) is 0 Å². The normalized spacial score (nSPS) is 12.3. The topological polar surface area (TPSA) is 49.4 Å². The summed E-state index contributed by atoms with van der Waals surface area (Å²) < 4.78 is 0. The number of amides is 1. The SMILES string of the molecule is CCCN(CC(=O)NC)C(C)C(=O)c1cc(C)ccc1C. The van der Waals surface area contributed by atoms with E-state index in [1.807, 2.05) is 50.8 Å². The van der Waals surface area contributed by atoms with Crippen LogP contribution in [0.15, 0.2) is 18.2 Å². The van der Waals surface area contributed by atoms with E-state index >= 15 is 0 Å². The third kappa shape index (κ3) is 4.67. The van der Waals surface area contributed by atoms with Gasteiger partial charge in [-0.2, -0.15) is 0 Å². The van der Waals surface area contributed by atoms with Crippen molar-refractivity contribution >= 4 is 11.7 Å². The van der Waals surface area contributed by atoms with Crippen molar-refractivity contribution in [1.29, 1.82) is 0 Å². The lowest BCUT2D eigenvalue weighted by atomic mass is 9.97. The maximum Gasteiger partial charge on any atom is 0.233 e. The van der Waals surface area contributed by atoms with Gasteiger partial charge >= 0.3 is 0 Å². The van der Waals surface area contributed by atoms with Gasteiger partial charge in [0.1, 0.15) is 0 Å². The van der Waals surface area contributed by atoms with Crippen LogP contribution in [0.5, 0.6) is 0 Å². The van der Waals surface area contributed by atoms with Crippen molar-refractivity contribution < 1.29 is 9.59 Å². The summed E-state index contributed by atoms with van der Waals surface area (Å²) in [6.45, 7) is 8.83. The van der Waals surface area contributed by atoms with Gasteiger partial charge in [0, 0.05) is 12.6 Å². The first-order chi connectivity index (χ1) is 9.90. The Balaban J connectivity index is 2.96. The van der Waals surface area contributed by atoms with E-state index in [0.717, 1.165) is 29.7 Å². The molecule has 0 radical (unpaired) electrons. The Morgan fingerprint density at radius 1 is 1.29 bits per heavy atom. The number of carbonyl (C=O) groups excluding carboxylic acids is 2. The smallest absolute Gasteiger partial charge is 0.233 e. The first kappa shape index (κ1) is 17.4. The molecule has 1 rings (SSSR count). The van der Waals surface area contributed by atoms with Crippen molar-refractivity contribution in [2.75, 3.05) is 20.1 Å². The second-order valence-electron chi connectivity index (χ2n) is 5.50. The molecule has 1 unspecified atom stereocenters. The van der Waals surface area contributed by atoms with Gasteiger partial charge in [-0.15, -0.1) is 0 Å². The van der Waals surface area contributed by atoms with E-state index in [-0.39, 0.29) is 24.3 Å². The minimum atomic E-state index is -0.303. The Kier molecular flexibility index (Phi) is 6.56. The highest BCUT2D eigenvalue weighted by Crippen LogP contribution is 2.15. The second kappa shape index (κ2) is 7.93. The summed E-state index contributed by atoms with van der Waals surface area (Å²) in [5.74, 6) is 0.0117. The van der Waals surface area contributed by atoms with E-state index < -0.39 is 0 Å². The van der Waals surface area contributed by atoms with E-state index in [4.69, 9.17) is 0 Å². The number of hydrogen-bond acceptors (Lipinski definition) is 3. The lowest BCUT2D eigenvalue weighted by Crippen LogP contribution is -2.45. The fourth-order valence-electron chi connectivity index (χ4n) is 2.35. The number of carbonyl (C=O) groups is 2. The summed E-state index contributed by atoms with van der Waals surface area (Å²) in [7, 11) is 1.61. The van der Waals surface area contributed by atoms with E-state index in [1.165, 1.54) is 0 Å². The third-order valence-electron chi connectivity index (χ3n) is 3.72. The lowest BCUT2D eigenvalue weighted by Gasteiger charge is -2.27. The quantitative estimate of drug-likeness (QED) is 0.784. The van der Waals surface area contributed by atoms with Crippen LogP contribution in [-0.4, -0.2) is 42.8 Å². The molecule has 1 N–H and O–H groups in total. The number of nitrogens with zero attached hydrogens (tertiary/aromatic N) is 1. The molecule has 1 atom stereocenters. The van der Waals surface area contributed by atoms with Crippen molar-refractivity contribution in [3.8, 4) is 0 Å². The highest BCUT2D eigenvalue weighted by atomic mass is 16.2. The molecule has 0 aliphatic carbocycles. The summed E-state index contributed by atoms with van der Waals surface area (Å²) in [5, 5.41) is 2.62. The van der Waals surface area contributed by atoms with Crippen molar-refractivity contribution in [2.45, 2.75) is 40.2 Å². The van der Waals surface area contributed by atoms with Crippen LogP contribution in [0.1, 0.15) is 41.8 Å². The van der Waals surface area contributed by atoms with Crippen LogP contribution in [0.25, 0.3) is 0 Å². The van der Waals surface area contributed by atoms with Crippen LogP contribution in [0, 0.1) is 13.8 Å². The summed E-state index contributed by atoms with van der Waals surface area (Å²) in [5.41, 5.74) is 2.80. The molecule has 1 aromatic rings. The monoisotopic (exact) mass is 290 g/mol. The van der Waals surface area contributed by atoms with Crippen LogP contribution >= 0.6 is 0 Å². The van der Waals surface area contributed by atoms with Gasteiger partial charge in [0.15, 0.2) is 5.78 Å². The number of rotatable bonds is 7. The Labute approximate surface area is 127 Å². The predicted molar refractivity (Wildman–Crippen MR) is 85.6 cm³/mol. The molecule has 1 amide bonds. The van der Waals surface area contributed by atoms with Crippen molar-refractivity contribution in [3.05, 3.63) is 34.9 Å². The Bertz CT molecular complexity index is 512. The Morgan fingerprint density at radius 2 is 1.95 bits per heavy atom. The van der Waals surface area contributed by atoms with Gasteiger partial charge < -0.3 is 5.32 Å². The molecule has 4 heteroatoms. The average Bonchev–Trinajstić information content (AvgIpc) is 2.47. The fourth-order valence-corrected chi connectivity index (χ4v) is 2.35. The van der Waals surface area contributed by atoms with Crippen molar-refractivity contribution in [2.24, 2.45) is 0 Å². The number of aryl methyl sites for hydroxylation is 2. The fraction of sp³-hybridized carbons (Fsp3) is 0.529. The zero-order valence-electron chi connectivity index (χ0n) is 13.7. The predicted octanol–water partition coefficient (Wildman–Crippen LogP) is 2.33. The van der Waals surface area contributed by atoms with Gasteiger partial charge in [0.05, 0.1) is 12.6 Å². The van der Waals surface area contributed by atoms with Gasteiger partial charge in [-0.1, -0.05) is 24.6 Å². The highest BCUT2D eigenvalue weighted by molar-refractivity contribution is 6.01. The molecule has 0 aromatic heterocycles. The number of likely N-dealkylation sites (N-methyl/N-ethyl adjacent to an activating group) is 1. The first-order valence-corrected chi connectivity index (χ1v) is 7.46. The number of hydrogen-bond donors (Lipinski definition) is 1. The molecule has 0 aliphatic heterocycles. The summed E-state index contributed by atoms with van der Waals surface area (Å²) in [6.07, 6.45) is 0.904. The van der Waals surface area contributed by atoms with Gasteiger partial charge in [-0.05, 0) is 45.4 Å². The van der Waals surface area contributed by atoms with Crippen LogP contribution in [-0.2, 0) is 4.79 Å². The molecule has 21 heavy (non-hydrogen) atoms. The zero-order valence-corrected chi connectivity index (χ0v) is 13.7. The van der Waals surface area contributed by atoms with Gasteiger partial charge in [-0.25, -0.2) is 0 Å². The second-order valence-corrected chi connectivity index (χ2v) is 5.50.